The average Bonchev–Trinajstić information content (AvgIpc) is 1.67. The van der Waals surface area contributed by atoms with Crippen LogP contribution in [0.4, 0.5) is 13.2 Å². The van der Waals surface area contributed by atoms with Crippen LogP contribution in [0.1, 0.15) is 0 Å². The van der Waals surface area contributed by atoms with Gasteiger partial charge in [0.1, 0.15) is 0 Å². The predicted molar refractivity (Wildman–Crippen MR) is 19.8 cm³/mol. The molecular formula is C2H2F3O2S-. The van der Waals surface area contributed by atoms with E-state index in [1.54, 1.807) is 0 Å². The fourth-order valence-corrected chi connectivity index (χ4v) is 0.134. The number of hydrogen-bond acceptors (Lipinski definition) is 2. The topological polar surface area (TPSA) is 40.1 Å². The third-order valence-electron chi connectivity index (χ3n) is 0.399. The Morgan fingerprint density at radius 1 is 1.62 bits per heavy atom. The summed E-state index contributed by atoms with van der Waals surface area (Å²) in [5.41, 5.74) is 0. The van der Waals surface area contributed by atoms with Crippen LogP contribution in [-0.4, -0.2) is 20.7 Å². The normalized spacial score (nSPS) is 16.0. The fourth-order valence-electron chi connectivity index (χ4n) is 0.0445. The first kappa shape index (κ1) is 7.90. The van der Waals surface area contributed by atoms with Gasteiger partial charge >= 0.3 is 5.25 Å². The van der Waals surface area contributed by atoms with E-state index in [9.17, 15) is 21.9 Å². The van der Waals surface area contributed by atoms with Gasteiger partial charge < -0.3 is 4.55 Å². The summed E-state index contributed by atoms with van der Waals surface area (Å²) >= 11 is -3.63. The summed E-state index contributed by atoms with van der Waals surface area (Å²) < 4.78 is 52.0. The first-order valence-corrected chi connectivity index (χ1v) is 2.61. The van der Waals surface area contributed by atoms with Gasteiger partial charge in [0.05, 0.1) is 0 Å². The maximum atomic E-state index is 11.3. The molecule has 8 heavy (non-hydrogen) atoms. The quantitative estimate of drug-likeness (QED) is 0.531. The SMILES string of the molecule is O=S([O-])C(F)(F)CF. The van der Waals surface area contributed by atoms with Crippen LogP contribution in [0.2, 0.25) is 0 Å². The van der Waals surface area contributed by atoms with Gasteiger partial charge in [-0.25, -0.2) is 4.39 Å². The van der Waals surface area contributed by atoms with E-state index in [1.165, 1.54) is 0 Å². The molecule has 0 fully saturated rings. The van der Waals surface area contributed by atoms with Gasteiger partial charge in [0.2, 0.25) is 0 Å². The Morgan fingerprint density at radius 3 is 2.00 bits per heavy atom. The van der Waals surface area contributed by atoms with Crippen molar-refractivity contribution in [3.63, 3.8) is 0 Å². The van der Waals surface area contributed by atoms with Crippen molar-refractivity contribution in [2.75, 3.05) is 6.67 Å². The molecule has 1 atom stereocenters. The van der Waals surface area contributed by atoms with Gasteiger partial charge in [-0.1, -0.05) is 0 Å². The van der Waals surface area contributed by atoms with E-state index in [0.29, 0.717) is 0 Å². The van der Waals surface area contributed by atoms with E-state index >= 15 is 0 Å². The summed E-state index contributed by atoms with van der Waals surface area (Å²) in [5.74, 6) is 0. The third-order valence-corrected chi connectivity index (χ3v) is 0.996. The van der Waals surface area contributed by atoms with Crippen LogP contribution in [0.3, 0.4) is 0 Å². The Balaban J connectivity index is 3.91. The molecule has 2 nitrogen and oxygen atoms in total. The van der Waals surface area contributed by atoms with Gasteiger partial charge in [0.25, 0.3) is 0 Å². The molecule has 0 aromatic heterocycles. The molecule has 0 bridgehead atoms. The van der Waals surface area contributed by atoms with Crippen molar-refractivity contribution >= 4 is 11.1 Å². The maximum absolute atomic E-state index is 11.3. The fraction of sp³-hybridized carbons (Fsp3) is 1.00. The van der Waals surface area contributed by atoms with Gasteiger partial charge in [-0.15, -0.1) is 0 Å². The lowest BCUT2D eigenvalue weighted by Gasteiger charge is -2.13. The van der Waals surface area contributed by atoms with Crippen LogP contribution in [0.15, 0.2) is 0 Å². The van der Waals surface area contributed by atoms with Crippen molar-refractivity contribution in [3.05, 3.63) is 0 Å². The van der Waals surface area contributed by atoms with Crippen molar-refractivity contribution in [1.29, 1.82) is 0 Å². The summed E-state index contributed by atoms with van der Waals surface area (Å²) in [6.07, 6.45) is 0. The molecule has 0 aliphatic heterocycles. The average molecular weight is 147 g/mol. The summed E-state index contributed by atoms with van der Waals surface area (Å²) in [6.45, 7) is -2.16. The highest BCUT2D eigenvalue weighted by Gasteiger charge is 2.29. The Labute approximate surface area is 46.0 Å². The molecule has 0 amide bonds. The largest absolute Gasteiger partial charge is 0.768 e. The molecule has 0 heterocycles. The Kier molecular flexibility index (Phi) is 2.42. The zero-order chi connectivity index (χ0) is 6.78. The predicted octanol–water partition coefficient (Wildman–Crippen LogP) is 0.428. The van der Waals surface area contributed by atoms with Gasteiger partial charge in [-0.3, -0.25) is 4.21 Å². The number of alkyl halides is 3. The van der Waals surface area contributed by atoms with Crippen molar-refractivity contribution < 1.29 is 21.9 Å². The van der Waals surface area contributed by atoms with Crippen LogP contribution in [0.5, 0.6) is 0 Å². The van der Waals surface area contributed by atoms with Crippen LogP contribution in [0, 0.1) is 0 Å². The van der Waals surface area contributed by atoms with E-state index < -0.39 is 23.0 Å². The molecular weight excluding hydrogens is 145 g/mol. The lowest BCUT2D eigenvalue weighted by Crippen LogP contribution is -2.24. The molecule has 1 unspecified atom stereocenters. The zero-order valence-corrected chi connectivity index (χ0v) is 4.38. The first-order chi connectivity index (χ1) is 3.50. The van der Waals surface area contributed by atoms with Crippen LogP contribution >= 0.6 is 0 Å². The highest BCUT2D eigenvalue weighted by atomic mass is 32.2. The van der Waals surface area contributed by atoms with E-state index in [-0.39, 0.29) is 0 Å². The van der Waals surface area contributed by atoms with E-state index in [0.717, 1.165) is 0 Å². The molecule has 0 rings (SSSR count). The lowest BCUT2D eigenvalue weighted by molar-refractivity contribution is 0.0596. The highest BCUT2D eigenvalue weighted by molar-refractivity contribution is 7.80. The molecule has 0 saturated carbocycles. The number of hydrogen-bond donors (Lipinski definition) is 0. The standard InChI is InChI=1S/C2H3F3O2S/c3-1-2(4,5)8(6)7/h1H2,(H,6,7)/p-1. The second-order valence-corrected chi connectivity index (χ2v) is 2.07. The first-order valence-electron chi connectivity index (χ1n) is 1.54. The molecule has 0 N–H and O–H groups in total. The van der Waals surface area contributed by atoms with Crippen LogP contribution < -0.4 is 0 Å². The molecule has 0 aliphatic carbocycles. The molecule has 0 aromatic carbocycles. The highest BCUT2D eigenvalue weighted by Crippen LogP contribution is 2.16. The monoisotopic (exact) mass is 147 g/mol. The summed E-state index contributed by atoms with van der Waals surface area (Å²) in [4.78, 5) is 0. The second kappa shape index (κ2) is 2.45. The molecule has 0 aliphatic rings. The minimum absolute atomic E-state index is 2.16. The third kappa shape index (κ3) is 1.79. The molecule has 0 aromatic rings. The van der Waals surface area contributed by atoms with Crippen LogP contribution in [0.25, 0.3) is 0 Å². The lowest BCUT2D eigenvalue weighted by atomic mass is 10.8. The second-order valence-electron chi connectivity index (χ2n) is 1.01. The number of halogens is 3. The van der Waals surface area contributed by atoms with E-state index in [4.69, 9.17) is 0 Å². The minimum atomic E-state index is -4.21. The summed E-state index contributed by atoms with van der Waals surface area (Å²) in [6, 6.07) is 0. The molecule has 50 valence electrons. The maximum Gasteiger partial charge on any atom is 0.336 e. The van der Waals surface area contributed by atoms with Crippen molar-refractivity contribution in [2.24, 2.45) is 0 Å². The van der Waals surface area contributed by atoms with Gasteiger partial charge in [0, 0.05) is 11.1 Å². The van der Waals surface area contributed by atoms with Gasteiger partial charge in [0.15, 0.2) is 6.67 Å². The van der Waals surface area contributed by atoms with E-state index in [2.05, 4.69) is 0 Å². The van der Waals surface area contributed by atoms with Crippen molar-refractivity contribution in [1.82, 2.24) is 0 Å². The Bertz CT molecular complexity index is 103. The van der Waals surface area contributed by atoms with Gasteiger partial charge in [-0.05, 0) is 0 Å². The summed E-state index contributed by atoms with van der Waals surface area (Å²) in [5, 5.41) is -4.21. The van der Waals surface area contributed by atoms with Crippen molar-refractivity contribution in [2.45, 2.75) is 5.25 Å². The Hall–Kier alpha value is -0.100. The Morgan fingerprint density at radius 2 is 2.00 bits per heavy atom. The number of rotatable bonds is 2. The minimum Gasteiger partial charge on any atom is -0.768 e. The van der Waals surface area contributed by atoms with E-state index in [1.807, 2.05) is 0 Å². The zero-order valence-electron chi connectivity index (χ0n) is 3.57. The molecule has 6 heteroatoms. The summed E-state index contributed by atoms with van der Waals surface area (Å²) in [7, 11) is 0. The smallest absolute Gasteiger partial charge is 0.336 e. The molecule has 0 saturated heterocycles. The van der Waals surface area contributed by atoms with Crippen molar-refractivity contribution in [3.8, 4) is 0 Å². The molecule has 0 radical (unpaired) electrons. The van der Waals surface area contributed by atoms with Crippen LogP contribution in [-0.2, 0) is 11.1 Å². The van der Waals surface area contributed by atoms with Gasteiger partial charge in [-0.2, -0.15) is 8.78 Å². The molecule has 0 spiro atoms.